The van der Waals surface area contributed by atoms with E-state index in [1.807, 2.05) is 67.9 Å². The number of piperidine rings is 2. The third-order valence-electron chi connectivity index (χ3n) is 9.36. The number of nitrogens with one attached hydrogen (secondary N) is 2. The van der Waals surface area contributed by atoms with Gasteiger partial charge in [-0.2, -0.15) is 0 Å². The molecule has 6 rings (SSSR count). The van der Waals surface area contributed by atoms with Gasteiger partial charge in [0.25, 0.3) is 5.91 Å². The van der Waals surface area contributed by atoms with E-state index in [1.54, 1.807) is 12.5 Å². The molecule has 0 unspecified atom stereocenters. The molecule has 3 N–H and O–H groups in total. The number of likely N-dealkylation sites (tertiary alicyclic amines) is 1. The van der Waals surface area contributed by atoms with Crippen molar-refractivity contribution in [3.63, 3.8) is 0 Å². The zero-order chi connectivity index (χ0) is 34.4. The number of carbonyl (C=O) groups excluding carboxylic acids is 2. The Bertz CT molecular complexity index is 1710. The molecule has 12 nitrogen and oxygen atoms in total. The van der Waals surface area contributed by atoms with Crippen LogP contribution in [0, 0.1) is 0 Å². The third-order valence-corrected chi connectivity index (χ3v) is 9.36. The maximum absolute atomic E-state index is 13.0. The Hall–Kier alpha value is -4.55. The summed E-state index contributed by atoms with van der Waals surface area (Å²) in [4.78, 5) is 44.2. The summed E-state index contributed by atoms with van der Waals surface area (Å²) in [5, 5.41) is 16.9. The van der Waals surface area contributed by atoms with E-state index in [-0.39, 0.29) is 12.5 Å². The molecule has 2 aromatic carbocycles. The predicted molar refractivity (Wildman–Crippen MR) is 189 cm³/mol. The number of aryl methyl sites for hydroxylation is 1. The number of amides is 2. The van der Waals surface area contributed by atoms with Crippen LogP contribution < -0.4 is 15.5 Å². The normalized spacial score (nSPS) is 17.2. The predicted octanol–water partition coefficient (Wildman–Crippen LogP) is 4.63. The SMILES string of the molecule is CC(C)(C)OC(=O)NCC1(O)CCN(C2CCN(c3nc4ccc(C(=O)NCCCn5ccnc5)cc4nc3-c3ccccc3)CC2)CC1. The van der Waals surface area contributed by atoms with E-state index in [4.69, 9.17) is 14.7 Å². The summed E-state index contributed by atoms with van der Waals surface area (Å²) in [6.07, 6.45) is 8.90. The van der Waals surface area contributed by atoms with Gasteiger partial charge in [-0.3, -0.25) is 4.79 Å². The second-order valence-electron chi connectivity index (χ2n) is 14.2. The van der Waals surface area contributed by atoms with Gasteiger partial charge in [0, 0.05) is 75.4 Å². The van der Waals surface area contributed by atoms with Crippen LogP contribution in [0.15, 0.2) is 67.3 Å². The first kappa shape index (κ1) is 34.3. The zero-order valence-electron chi connectivity index (χ0n) is 28.8. The highest BCUT2D eigenvalue weighted by atomic mass is 16.6. The van der Waals surface area contributed by atoms with Crippen LogP contribution in [0.25, 0.3) is 22.3 Å². The Morgan fingerprint density at radius 1 is 0.980 bits per heavy atom. The number of carbonyl (C=O) groups is 2. The number of hydrogen-bond donors (Lipinski definition) is 3. The largest absolute Gasteiger partial charge is 0.444 e. The lowest BCUT2D eigenvalue weighted by Gasteiger charge is -2.44. The summed E-state index contributed by atoms with van der Waals surface area (Å²) in [6.45, 7) is 10.3. The van der Waals surface area contributed by atoms with Gasteiger partial charge < -0.3 is 34.8 Å². The molecule has 49 heavy (non-hydrogen) atoms. The first-order valence-electron chi connectivity index (χ1n) is 17.3. The lowest BCUT2D eigenvalue weighted by Crippen LogP contribution is -2.55. The number of aromatic nitrogens is 4. The van der Waals surface area contributed by atoms with Gasteiger partial charge in [0.05, 0.1) is 23.0 Å². The summed E-state index contributed by atoms with van der Waals surface area (Å²) >= 11 is 0. The van der Waals surface area contributed by atoms with Crippen molar-refractivity contribution in [2.75, 3.05) is 44.2 Å². The van der Waals surface area contributed by atoms with Crippen molar-refractivity contribution in [3.8, 4) is 11.3 Å². The maximum Gasteiger partial charge on any atom is 0.407 e. The van der Waals surface area contributed by atoms with Crippen molar-refractivity contribution in [2.24, 2.45) is 0 Å². The summed E-state index contributed by atoms with van der Waals surface area (Å²) < 4.78 is 7.33. The van der Waals surface area contributed by atoms with E-state index in [2.05, 4.69) is 37.6 Å². The molecule has 2 amide bonds. The molecule has 2 fully saturated rings. The lowest BCUT2D eigenvalue weighted by molar-refractivity contribution is -0.0339. The van der Waals surface area contributed by atoms with Crippen molar-refractivity contribution < 1.29 is 19.4 Å². The molecule has 0 bridgehead atoms. The minimum atomic E-state index is -0.930. The number of anilines is 1. The number of benzene rings is 2. The lowest BCUT2D eigenvalue weighted by atomic mass is 9.89. The Labute approximate surface area is 287 Å². The molecule has 2 aliphatic rings. The molecule has 2 saturated heterocycles. The summed E-state index contributed by atoms with van der Waals surface area (Å²) in [7, 11) is 0. The maximum atomic E-state index is 13.0. The van der Waals surface area contributed by atoms with Crippen LogP contribution in [0.1, 0.15) is 63.2 Å². The molecule has 4 aromatic rings. The molecule has 0 saturated carbocycles. The highest BCUT2D eigenvalue weighted by Gasteiger charge is 2.36. The van der Waals surface area contributed by atoms with E-state index >= 15 is 0 Å². The molecular formula is C37H48N8O4. The molecule has 2 aromatic heterocycles. The Balaban J connectivity index is 1.08. The van der Waals surface area contributed by atoms with Gasteiger partial charge in [0.15, 0.2) is 5.82 Å². The van der Waals surface area contributed by atoms with Gasteiger partial charge in [0.2, 0.25) is 0 Å². The fourth-order valence-corrected chi connectivity index (χ4v) is 6.66. The molecule has 260 valence electrons. The minimum absolute atomic E-state index is 0.128. The zero-order valence-corrected chi connectivity index (χ0v) is 28.8. The van der Waals surface area contributed by atoms with Gasteiger partial charge in [-0.25, -0.2) is 19.7 Å². The van der Waals surface area contributed by atoms with Crippen LogP contribution in [0.2, 0.25) is 0 Å². The molecule has 0 radical (unpaired) electrons. The number of hydrogen-bond acceptors (Lipinski definition) is 9. The van der Waals surface area contributed by atoms with Crippen LogP contribution in [-0.4, -0.2) is 98.0 Å². The van der Waals surface area contributed by atoms with Crippen molar-refractivity contribution in [1.29, 1.82) is 0 Å². The molecule has 12 heteroatoms. The molecule has 0 aliphatic carbocycles. The Morgan fingerprint density at radius 3 is 2.43 bits per heavy atom. The molecule has 0 atom stereocenters. The van der Waals surface area contributed by atoms with Crippen molar-refractivity contribution in [2.45, 2.75) is 76.7 Å². The first-order valence-corrected chi connectivity index (χ1v) is 17.3. The molecule has 2 aliphatic heterocycles. The average Bonchev–Trinajstić information content (AvgIpc) is 3.62. The quantitative estimate of drug-likeness (QED) is 0.207. The van der Waals surface area contributed by atoms with Crippen LogP contribution in [0.4, 0.5) is 10.6 Å². The summed E-state index contributed by atoms with van der Waals surface area (Å²) in [5.41, 5.74) is 2.29. The number of nitrogens with zero attached hydrogens (tertiary/aromatic N) is 6. The molecule has 0 spiro atoms. The average molecular weight is 669 g/mol. The topological polar surface area (TPSA) is 138 Å². The number of rotatable bonds is 10. The second kappa shape index (κ2) is 14.9. The van der Waals surface area contributed by atoms with Gasteiger partial charge in [-0.05, 0) is 71.1 Å². The second-order valence-corrected chi connectivity index (χ2v) is 14.2. The van der Waals surface area contributed by atoms with E-state index in [0.29, 0.717) is 36.5 Å². The third kappa shape index (κ3) is 8.93. The van der Waals surface area contributed by atoms with Crippen molar-refractivity contribution in [3.05, 3.63) is 72.8 Å². The van der Waals surface area contributed by atoms with Crippen LogP contribution >= 0.6 is 0 Å². The van der Waals surface area contributed by atoms with E-state index in [0.717, 1.165) is 74.6 Å². The van der Waals surface area contributed by atoms with Gasteiger partial charge in [0.1, 0.15) is 11.3 Å². The van der Waals surface area contributed by atoms with Crippen LogP contribution in [0.5, 0.6) is 0 Å². The van der Waals surface area contributed by atoms with E-state index in [1.165, 1.54) is 0 Å². The smallest absolute Gasteiger partial charge is 0.407 e. The standard InChI is InChI=1S/C37H48N8O4/c1-36(2,3)49-35(47)40-25-37(48)14-21-44(22-15-37)29-12-19-45(20-13-29)33-32(27-8-5-4-6-9-27)41-31-24-28(10-11-30(31)42-33)34(46)39-16-7-18-43-23-17-38-26-43/h4-6,8-11,17,23-24,26,29,48H,7,12-16,18-22,25H2,1-3H3,(H,39,46)(H,40,47). The Kier molecular flexibility index (Phi) is 10.4. The summed E-state index contributed by atoms with van der Waals surface area (Å²) in [6, 6.07) is 16.1. The van der Waals surface area contributed by atoms with Crippen LogP contribution in [-0.2, 0) is 11.3 Å². The highest BCUT2D eigenvalue weighted by Crippen LogP contribution is 2.33. The number of alkyl carbamates (subject to hydrolysis) is 1. The monoisotopic (exact) mass is 668 g/mol. The van der Waals surface area contributed by atoms with Gasteiger partial charge in [-0.1, -0.05) is 30.3 Å². The van der Waals surface area contributed by atoms with Crippen LogP contribution in [0.3, 0.4) is 0 Å². The fraction of sp³-hybridized carbons (Fsp3) is 0.486. The Morgan fingerprint density at radius 2 is 1.73 bits per heavy atom. The number of aliphatic hydroxyl groups is 1. The molecule has 4 heterocycles. The minimum Gasteiger partial charge on any atom is -0.444 e. The van der Waals surface area contributed by atoms with Crippen molar-refractivity contribution in [1.82, 2.24) is 35.1 Å². The van der Waals surface area contributed by atoms with Crippen molar-refractivity contribution >= 4 is 28.9 Å². The highest BCUT2D eigenvalue weighted by molar-refractivity contribution is 5.98. The van der Waals surface area contributed by atoms with Gasteiger partial charge in [-0.15, -0.1) is 0 Å². The summed E-state index contributed by atoms with van der Waals surface area (Å²) in [5.74, 6) is 0.729. The number of ether oxygens (including phenoxy) is 1. The first-order chi connectivity index (χ1) is 23.6. The number of imidazole rings is 1. The van der Waals surface area contributed by atoms with E-state index in [9.17, 15) is 14.7 Å². The molecular weight excluding hydrogens is 620 g/mol. The fourth-order valence-electron chi connectivity index (χ4n) is 6.66. The van der Waals surface area contributed by atoms with E-state index < -0.39 is 17.3 Å². The number of fused-ring (bicyclic) bond motifs is 1. The van der Waals surface area contributed by atoms with Gasteiger partial charge >= 0.3 is 6.09 Å².